The Morgan fingerprint density at radius 2 is 1.87 bits per heavy atom. The third-order valence-corrected chi connectivity index (χ3v) is 2.43. The number of nitrogens with one attached hydrogen (secondary N) is 1. The van der Waals surface area contributed by atoms with Gasteiger partial charge in [0.15, 0.2) is 11.6 Å². The molecule has 2 rings (SSSR count). The van der Waals surface area contributed by atoms with Crippen molar-refractivity contribution in [2.24, 2.45) is 0 Å². The molecule has 0 spiro atoms. The lowest BCUT2D eigenvalue weighted by Crippen LogP contribution is -1.99. The van der Waals surface area contributed by atoms with Gasteiger partial charge in [-0.15, -0.1) is 0 Å². The summed E-state index contributed by atoms with van der Waals surface area (Å²) in [7, 11) is -4.50. The van der Waals surface area contributed by atoms with Crippen LogP contribution in [0.5, 0.6) is 0 Å². The molecule has 8 heteroatoms. The fourth-order valence-corrected chi connectivity index (χ4v) is 1.56. The zero-order valence-electron chi connectivity index (χ0n) is 7.03. The van der Waals surface area contributed by atoms with Gasteiger partial charge in [-0.3, -0.25) is 4.55 Å². The first-order chi connectivity index (χ1) is 6.88. The number of nitrogens with zero attached hydrogens (tertiary/aromatic N) is 1. The predicted octanol–water partition coefficient (Wildman–Crippen LogP) is 1.09. The van der Waals surface area contributed by atoms with Gasteiger partial charge in [-0.05, 0) is 0 Å². The van der Waals surface area contributed by atoms with E-state index in [-0.39, 0.29) is 11.0 Å². The fraction of sp³-hybridized carbons (Fsp3) is 0. The van der Waals surface area contributed by atoms with Crippen molar-refractivity contribution in [1.29, 1.82) is 0 Å². The lowest BCUT2D eigenvalue weighted by Gasteiger charge is -1.90. The van der Waals surface area contributed by atoms with E-state index in [0.29, 0.717) is 0 Å². The van der Waals surface area contributed by atoms with Crippen molar-refractivity contribution in [3.63, 3.8) is 0 Å². The van der Waals surface area contributed by atoms with E-state index in [1.54, 1.807) is 0 Å². The van der Waals surface area contributed by atoms with Crippen molar-refractivity contribution in [2.45, 2.75) is 5.16 Å². The second kappa shape index (κ2) is 2.97. The standard InChI is InChI=1S/C7H4F2N2O3S/c8-3-1-5-6(2-4(3)9)11-7(10-5)15(12,13)14/h1-2H,(H,10,11)(H,12,13,14). The van der Waals surface area contributed by atoms with Gasteiger partial charge in [0.1, 0.15) is 0 Å². The molecule has 0 bridgehead atoms. The molecule has 0 unspecified atom stereocenters. The van der Waals surface area contributed by atoms with E-state index in [4.69, 9.17) is 4.55 Å². The van der Waals surface area contributed by atoms with Gasteiger partial charge in [-0.1, -0.05) is 0 Å². The Morgan fingerprint density at radius 3 is 2.47 bits per heavy atom. The van der Waals surface area contributed by atoms with Crippen LogP contribution in [0.3, 0.4) is 0 Å². The number of hydrogen-bond donors (Lipinski definition) is 2. The molecule has 1 aromatic carbocycles. The second-order valence-corrected chi connectivity index (χ2v) is 4.14. The molecule has 0 amide bonds. The number of imidazole rings is 1. The first-order valence-corrected chi connectivity index (χ1v) is 5.14. The van der Waals surface area contributed by atoms with Gasteiger partial charge >= 0.3 is 10.1 Å². The maximum absolute atomic E-state index is 12.7. The Labute approximate surface area is 82.5 Å². The van der Waals surface area contributed by atoms with Crippen molar-refractivity contribution in [1.82, 2.24) is 9.97 Å². The minimum absolute atomic E-state index is 0.0125. The van der Waals surface area contributed by atoms with Crippen LogP contribution >= 0.6 is 0 Å². The summed E-state index contributed by atoms with van der Waals surface area (Å²) in [6.45, 7) is 0. The summed E-state index contributed by atoms with van der Waals surface area (Å²) in [6, 6.07) is 1.49. The largest absolute Gasteiger partial charge is 0.328 e. The zero-order chi connectivity index (χ0) is 11.2. The van der Waals surface area contributed by atoms with Gasteiger partial charge < -0.3 is 4.98 Å². The van der Waals surface area contributed by atoms with Crippen LogP contribution in [0.15, 0.2) is 17.3 Å². The summed E-state index contributed by atoms with van der Waals surface area (Å²) in [4.78, 5) is 5.53. The molecule has 1 aromatic heterocycles. The highest BCUT2D eigenvalue weighted by atomic mass is 32.2. The van der Waals surface area contributed by atoms with E-state index < -0.39 is 26.9 Å². The molecule has 2 N–H and O–H groups in total. The van der Waals surface area contributed by atoms with Crippen LogP contribution < -0.4 is 0 Å². The molecule has 1 heterocycles. The van der Waals surface area contributed by atoms with Crippen LogP contribution in [0.2, 0.25) is 0 Å². The first-order valence-electron chi connectivity index (χ1n) is 3.70. The molecule has 0 atom stereocenters. The maximum atomic E-state index is 12.7. The van der Waals surface area contributed by atoms with E-state index in [0.717, 1.165) is 12.1 Å². The van der Waals surface area contributed by atoms with E-state index in [2.05, 4.69) is 9.97 Å². The van der Waals surface area contributed by atoms with Crippen molar-refractivity contribution in [3.05, 3.63) is 23.8 Å². The highest BCUT2D eigenvalue weighted by Gasteiger charge is 2.16. The number of H-pyrrole nitrogens is 1. The molecule has 0 aliphatic carbocycles. The molecule has 0 radical (unpaired) electrons. The minimum atomic E-state index is -4.50. The smallest absolute Gasteiger partial charge is 0.327 e. The Kier molecular flexibility index (Phi) is 1.98. The summed E-state index contributed by atoms with van der Waals surface area (Å²) in [6.07, 6.45) is 0. The molecular formula is C7H4F2N2O3S. The number of aromatic nitrogens is 2. The Morgan fingerprint density at radius 1 is 1.27 bits per heavy atom. The molecule has 0 saturated carbocycles. The van der Waals surface area contributed by atoms with E-state index in [1.165, 1.54) is 0 Å². The van der Waals surface area contributed by atoms with Crippen LogP contribution in [0.25, 0.3) is 11.0 Å². The van der Waals surface area contributed by atoms with Crippen molar-refractivity contribution in [2.75, 3.05) is 0 Å². The highest BCUT2D eigenvalue weighted by Crippen LogP contribution is 2.17. The summed E-state index contributed by atoms with van der Waals surface area (Å²) in [5.41, 5.74) is -0.0944. The first kappa shape index (κ1) is 9.99. The molecular weight excluding hydrogens is 230 g/mol. The molecule has 5 nitrogen and oxygen atoms in total. The van der Waals surface area contributed by atoms with Gasteiger partial charge in [0.05, 0.1) is 11.0 Å². The average Bonchev–Trinajstić information content (AvgIpc) is 2.47. The van der Waals surface area contributed by atoms with Gasteiger partial charge in [-0.2, -0.15) is 8.42 Å². The molecule has 80 valence electrons. The number of halogens is 2. The Balaban J connectivity index is 2.77. The van der Waals surface area contributed by atoms with Gasteiger partial charge in [0, 0.05) is 12.1 Å². The zero-order valence-corrected chi connectivity index (χ0v) is 7.85. The number of rotatable bonds is 1. The minimum Gasteiger partial charge on any atom is -0.327 e. The van der Waals surface area contributed by atoms with Crippen LogP contribution in [0, 0.1) is 11.6 Å². The highest BCUT2D eigenvalue weighted by molar-refractivity contribution is 7.85. The van der Waals surface area contributed by atoms with Crippen LogP contribution in [-0.4, -0.2) is 22.9 Å². The van der Waals surface area contributed by atoms with Gasteiger partial charge in [0.25, 0.3) is 5.16 Å². The summed E-state index contributed by atoms with van der Waals surface area (Å²) >= 11 is 0. The number of fused-ring (bicyclic) bond motifs is 1. The molecule has 0 aliphatic heterocycles. The lowest BCUT2D eigenvalue weighted by molar-refractivity contribution is 0.476. The lowest BCUT2D eigenvalue weighted by atomic mass is 10.3. The molecule has 0 fully saturated rings. The number of aromatic amines is 1. The van der Waals surface area contributed by atoms with Crippen molar-refractivity contribution < 1.29 is 21.8 Å². The average molecular weight is 234 g/mol. The van der Waals surface area contributed by atoms with Crippen LogP contribution in [-0.2, 0) is 10.1 Å². The number of benzene rings is 1. The third kappa shape index (κ3) is 1.68. The van der Waals surface area contributed by atoms with E-state index >= 15 is 0 Å². The van der Waals surface area contributed by atoms with E-state index in [1.807, 2.05) is 0 Å². The van der Waals surface area contributed by atoms with Crippen LogP contribution in [0.1, 0.15) is 0 Å². The number of hydrogen-bond acceptors (Lipinski definition) is 3. The fourth-order valence-electron chi connectivity index (χ4n) is 1.10. The Hall–Kier alpha value is -1.54. The summed E-state index contributed by atoms with van der Waals surface area (Å²) < 4.78 is 55.3. The quantitative estimate of drug-likeness (QED) is 0.723. The monoisotopic (exact) mass is 234 g/mol. The normalized spacial score (nSPS) is 12.2. The van der Waals surface area contributed by atoms with Crippen LogP contribution in [0.4, 0.5) is 8.78 Å². The maximum Gasteiger partial charge on any atom is 0.328 e. The summed E-state index contributed by atoms with van der Waals surface area (Å²) in [5, 5.41) is -0.748. The molecule has 15 heavy (non-hydrogen) atoms. The SMILES string of the molecule is O=S(=O)(O)c1nc2cc(F)c(F)cc2[nH]1. The predicted molar refractivity (Wildman–Crippen MR) is 45.8 cm³/mol. The summed E-state index contributed by atoms with van der Waals surface area (Å²) in [5.74, 6) is -2.27. The topological polar surface area (TPSA) is 83.1 Å². The molecule has 0 aliphatic rings. The molecule has 2 aromatic rings. The Bertz CT molecular complexity index is 596. The third-order valence-electron chi connectivity index (χ3n) is 1.75. The molecule has 0 saturated heterocycles. The second-order valence-electron chi connectivity index (χ2n) is 2.80. The van der Waals surface area contributed by atoms with E-state index in [9.17, 15) is 17.2 Å². The van der Waals surface area contributed by atoms with Crippen molar-refractivity contribution in [3.8, 4) is 0 Å². The van der Waals surface area contributed by atoms with Crippen molar-refractivity contribution >= 4 is 21.2 Å². The van der Waals surface area contributed by atoms with Gasteiger partial charge in [-0.25, -0.2) is 13.8 Å². The van der Waals surface area contributed by atoms with Gasteiger partial charge in [0.2, 0.25) is 0 Å².